The van der Waals surface area contributed by atoms with Gasteiger partial charge in [-0.2, -0.15) is 5.26 Å². The van der Waals surface area contributed by atoms with Crippen LogP contribution in [0.15, 0.2) is 59.5 Å². The van der Waals surface area contributed by atoms with Crippen LogP contribution in [0.25, 0.3) is 0 Å². The smallest absolute Gasteiger partial charge is 0.0928 e. The Bertz CT molecular complexity index is 710. The molecule has 1 aliphatic carbocycles. The van der Waals surface area contributed by atoms with Gasteiger partial charge in [-0.1, -0.05) is 42.5 Å². The summed E-state index contributed by atoms with van der Waals surface area (Å²) in [6.07, 6.45) is 5.47. The molecule has 1 fully saturated rings. The molecule has 2 aromatic rings. The zero-order valence-electron chi connectivity index (χ0n) is 14.3. The van der Waals surface area contributed by atoms with Gasteiger partial charge in [0.15, 0.2) is 0 Å². The fraction of sp³-hybridized carbons (Fsp3) is 0.381. The standard InChI is InChI=1S/C21H23NOS/c1-23-21(18-8-10-19(24-2)11-9-18)14-12-20(16-22,13-15-21)17-6-4-3-5-7-17/h3-11H,12-15H2,1-2H3. The van der Waals surface area contributed by atoms with Crippen LogP contribution < -0.4 is 0 Å². The Hall–Kier alpha value is -1.76. The van der Waals surface area contributed by atoms with E-state index in [-0.39, 0.29) is 11.0 Å². The molecule has 0 aliphatic heterocycles. The summed E-state index contributed by atoms with van der Waals surface area (Å²) in [6, 6.07) is 21.5. The van der Waals surface area contributed by atoms with Crippen molar-refractivity contribution in [2.24, 2.45) is 0 Å². The van der Waals surface area contributed by atoms with Gasteiger partial charge in [-0.15, -0.1) is 11.8 Å². The molecule has 1 saturated carbocycles. The molecular weight excluding hydrogens is 314 g/mol. The van der Waals surface area contributed by atoms with Gasteiger partial charge in [0.2, 0.25) is 0 Å². The van der Waals surface area contributed by atoms with E-state index in [0.29, 0.717) is 0 Å². The Morgan fingerprint density at radius 2 is 1.54 bits per heavy atom. The molecule has 1 aliphatic rings. The van der Waals surface area contributed by atoms with Crippen LogP contribution in [-0.2, 0) is 15.8 Å². The first-order valence-electron chi connectivity index (χ1n) is 8.34. The van der Waals surface area contributed by atoms with Crippen molar-refractivity contribution in [3.05, 3.63) is 65.7 Å². The van der Waals surface area contributed by atoms with Crippen molar-refractivity contribution in [2.45, 2.75) is 41.6 Å². The summed E-state index contributed by atoms with van der Waals surface area (Å²) in [4.78, 5) is 1.26. The van der Waals surface area contributed by atoms with E-state index in [1.54, 1.807) is 18.9 Å². The van der Waals surface area contributed by atoms with Gasteiger partial charge in [0.25, 0.3) is 0 Å². The fourth-order valence-electron chi connectivity index (χ4n) is 3.81. The monoisotopic (exact) mass is 337 g/mol. The number of rotatable bonds is 4. The van der Waals surface area contributed by atoms with E-state index in [1.165, 1.54) is 10.5 Å². The minimum Gasteiger partial charge on any atom is -0.374 e. The lowest BCUT2D eigenvalue weighted by Crippen LogP contribution is -2.40. The van der Waals surface area contributed by atoms with Crippen LogP contribution in [0.2, 0.25) is 0 Å². The highest BCUT2D eigenvalue weighted by molar-refractivity contribution is 7.98. The number of nitriles is 1. The predicted molar refractivity (Wildman–Crippen MR) is 99.1 cm³/mol. The maximum absolute atomic E-state index is 9.88. The van der Waals surface area contributed by atoms with Crippen molar-refractivity contribution in [2.75, 3.05) is 13.4 Å². The van der Waals surface area contributed by atoms with Gasteiger partial charge in [-0.05, 0) is 55.2 Å². The molecule has 0 radical (unpaired) electrons. The number of benzene rings is 2. The Balaban J connectivity index is 1.86. The maximum atomic E-state index is 9.88. The molecule has 124 valence electrons. The summed E-state index contributed by atoms with van der Waals surface area (Å²) in [6.45, 7) is 0. The van der Waals surface area contributed by atoms with Crippen LogP contribution in [0.5, 0.6) is 0 Å². The summed E-state index contributed by atoms with van der Waals surface area (Å²) in [5.74, 6) is 0. The van der Waals surface area contributed by atoms with Crippen LogP contribution in [0.1, 0.15) is 36.8 Å². The third-order valence-electron chi connectivity index (χ3n) is 5.46. The molecule has 2 nitrogen and oxygen atoms in total. The average molecular weight is 337 g/mol. The van der Waals surface area contributed by atoms with E-state index in [9.17, 15) is 5.26 Å². The summed E-state index contributed by atoms with van der Waals surface area (Å²) < 4.78 is 6.00. The zero-order chi connectivity index (χ0) is 17.0. The van der Waals surface area contributed by atoms with Crippen LogP contribution in [0, 0.1) is 11.3 Å². The summed E-state index contributed by atoms with van der Waals surface area (Å²) in [5, 5.41) is 9.88. The van der Waals surface area contributed by atoms with Crippen LogP contribution in [-0.4, -0.2) is 13.4 Å². The molecule has 3 rings (SSSR count). The molecular formula is C21H23NOS. The predicted octanol–water partition coefficient (Wildman–Crippen LogP) is 5.29. The van der Waals surface area contributed by atoms with Crippen molar-refractivity contribution in [3.63, 3.8) is 0 Å². The molecule has 0 heterocycles. The van der Waals surface area contributed by atoms with Gasteiger partial charge < -0.3 is 4.74 Å². The van der Waals surface area contributed by atoms with E-state index in [1.807, 2.05) is 18.2 Å². The molecule has 0 aromatic heterocycles. The highest BCUT2D eigenvalue weighted by atomic mass is 32.2. The normalized spacial score (nSPS) is 26.7. The second kappa shape index (κ2) is 7.01. The van der Waals surface area contributed by atoms with Gasteiger partial charge in [-0.3, -0.25) is 0 Å². The van der Waals surface area contributed by atoms with E-state index in [0.717, 1.165) is 31.2 Å². The third kappa shape index (κ3) is 2.97. The minimum absolute atomic E-state index is 0.272. The maximum Gasteiger partial charge on any atom is 0.0928 e. The topological polar surface area (TPSA) is 33.0 Å². The van der Waals surface area contributed by atoms with Crippen molar-refractivity contribution in [1.82, 2.24) is 0 Å². The van der Waals surface area contributed by atoms with Crippen molar-refractivity contribution >= 4 is 11.8 Å². The minimum atomic E-state index is -0.386. The lowest BCUT2D eigenvalue weighted by Gasteiger charge is -2.43. The molecule has 3 heteroatoms. The van der Waals surface area contributed by atoms with E-state index in [2.05, 4.69) is 48.7 Å². The number of ether oxygens (including phenoxy) is 1. The van der Waals surface area contributed by atoms with Gasteiger partial charge in [-0.25, -0.2) is 0 Å². The molecule has 0 unspecified atom stereocenters. The highest BCUT2D eigenvalue weighted by Gasteiger charge is 2.45. The first kappa shape index (κ1) is 17.1. The second-order valence-corrected chi connectivity index (χ2v) is 7.37. The van der Waals surface area contributed by atoms with Crippen LogP contribution in [0.3, 0.4) is 0 Å². The Kier molecular flexibility index (Phi) is 4.99. The van der Waals surface area contributed by atoms with Gasteiger partial charge in [0.05, 0.1) is 17.1 Å². The average Bonchev–Trinajstić information content (AvgIpc) is 2.69. The molecule has 0 atom stereocenters. The molecule has 0 saturated heterocycles. The third-order valence-corrected chi connectivity index (χ3v) is 6.20. The fourth-order valence-corrected chi connectivity index (χ4v) is 4.22. The van der Waals surface area contributed by atoms with Gasteiger partial charge in [0.1, 0.15) is 0 Å². The van der Waals surface area contributed by atoms with Crippen LogP contribution in [0.4, 0.5) is 0 Å². The number of nitrogens with zero attached hydrogens (tertiary/aromatic N) is 1. The summed E-state index contributed by atoms with van der Waals surface area (Å²) >= 11 is 1.75. The summed E-state index contributed by atoms with van der Waals surface area (Å²) in [5.41, 5.74) is 1.70. The van der Waals surface area contributed by atoms with Crippen molar-refractivity contribution < 1.29 is 4.74 Å². The summed E-state index contributed by atoms with van der Waals surface area (Å²) in [7, 11) is 1.80. The van der Waals surface area contributed by atoms with E-state index >= 15 is 0 Å². The van der Waals surface area contributed by atoms with Crippen LogP contribution >= 0.6 is 11.8 Å². The molecule has 24 heavy (non-hydrogen) atoms. The van der Waals surface area contributed by atoms with Gasteiger partial charge in [0, 0.05) is 12.0 Å². The molecule has 0 spiro atoms. The Labute approximate surface area is 148 Å². The zero-order valence-corrected chi connectivity index (χ0v) is 15.1. The highest BCUT2D eigenvalue weighted by Crippen LogP contribution is 2.48. The van der Waals surface area contributed by atoms with Crippen molar-refractivity contribution in [3.8, 4) is 6.07 Å². The molecule has 2 aromatic carbocycles. The largest absolute Gasteiger partial charge is 0.374 e. The van der Waals surface area contributed by atoms with Crippen molar-refractivity contribution in [1.29, 1.82) is 5.26 Å². The lowest BCUT2D eigenvalue weighted by molar-refractivity contribution is -0.0543. The number of thioether (sulfide) groups is 1. The Morgan fingerprint density at radius 1 is 0.917 bits per heavy atom. The molecule has 0 N–H and O–H groups in total. The quantitative estimate of drug-likeness (QED) is 0.711. The lowest BCUT2D eigenvalue weighted by atomic mass is 9.64. The first-order chi connectivity index (χ1) is 11.7. The second-order valence-electron chi connectivity index (χ2n) is 6.49. The first-order valence-corrected chi connectivity index (χ1v) is 9.57. The number of methoxy groups -OCH3 is 1. The molecule has 0 bridgehead atoms. The Morgan fingerprint density at radius 3 is 2.04 bits per heavy atom. The SMILES string of the molecule is COC1(c2ccc(SC)cc2)CCC(C#N)(c2ccccc2)CC1. The van der Waals surface area contributed by atoms with Gasteiger partial charge >= 0.3 is 0 Å². The number of hydrogen-bond acceptors (Lipinski definition) is 3. The molecule has 0 amide bonds. The number of hydrogen-bond donors (Lipinski definition) is 0. The van der Waals surface area contributed by atoms with E-state index < -0.39 is 0 Å². The van der Waals surface area contributed by atoms with E-state index in [4.69, 9.17) is 4.74 Å².